The lowest BCUT2D eigenvalue weighted by Gasteiger charge is -2.08. The molecule has 1 aromatic carbocycles. The van der Waals surface area contributed by atoms with E-state index in [-0.39, 0.29) is 5.91 Å². The van der Waals surface area contributed by atoms with Gasteiger partial charge in [0.05, 0.1) is 12.8 Å². The van der Waals surface area contributed by atoms with Crippen LogP contribution in [0.1, 0.15) is 28.5 Å². The Labute approximate surface area is 123 Å². The lowest BCUT2D eigenvalue weighted by Crippen LogP contribution is -2.23. The number of ether oxygens (including phenoxy) is 1. The largest absolute Gasteiger partial charge is 0.497 e. The van der Waals surface area contributed by atoms with Crippen molar-refractivity contribution >= 4 is 11.6 Å². The average Bonchev–Trinajstić information content (AvgIpc) is 2.84. The molecule has 3 N–H and O–H groups in total. The number of nitrogens with two attached hydrogens (primary N) is 1. The number of aryl methyl sites for hydroxylation is 2. The molecular weight excluding hydrogens is 268 g/mol. The van der Waals surface area contributed by atoms with Crippen molar-refractivity contribution in [2.45, 2.75) is 19.9 Å². The van der Waals surface area contributed by atoms with E-state index in [1.807, 2.05) is 20.2 Å². The zero-order valence-electron chi connectivity index (χ0n) is 12.5. The number of benzene rings is 1. The van der Waals surface area contributed by atoms with Gasteiger partial charge >= 0.3 is 0 Å². The Hall–Kier alpha value is -2.50. The van der Waals surface area contributed by atoms with E-state index in [0.29, 0.717) is 23.5 Å². The summed E-state index contributed by atoms with van der Waals surface area (Å²) in [7, 11) is 3.41. The highest BCUT2D eigenvalue weighted by Crippen LogP contribution is 2.18. The summed E-state index contributed by atoms with van der Waals surface area (Å²) in [6.07, 6.45) is 2.75. The van der Waals surface area contributed by atoms with Crippen LogP contribution in [0.3, 0.4) is 0 Å². The molecule has 0 spiro atoms. The van der Waals surface area contributed by atoms with Crippen LogP contribution in [0.2, 0.25) is 0 Å². The fraction of sp³-hybridized carbons (Fsp3) is 0.333. The Morgan fingerprint density at radius 3 is 2.86 bits per heavy atom. The molecule has 1 amide bonds. The molecule has 6 nitrogen and oxygen atoms in total. The third-order valence-electron chi connectivity index (χ3n) is 3.19. The zero-order valence-corrected chi connectivity index (χ0v) is 12.5. The number of aromatic nitrogens is 2. The van der Waals surface area contributed by atoms with Gasteiger partial charge < -0.3 is 15.8 Å². The van der Waals surface area contributed by atoms with Crippen LogP contribution in [0.4, 0.5) is 5.69 Å². The Kier molecular flexibility index (Phi) is 4.47. The second-order valence-electron chi connectivity index (χ2n) is 4.81. The van der Waals surface area contributed by atoms with Gasteiger partial charge in [-0.15, -0.1) is 0 Å². The van der Waals surface area contributed by atoms with Crippen LogP contribution in [0.15, 0.2) is 24.4 Å². The van der Waals surface area contributed by atoms with E-state index in [9.17, 15) is 4.79 Å². The van der Waals surface area contributed by atoms with E-state index in [0.717, 1.165) is 17.7 Å². The van der Waals surface area contributed by atoms with Crippen LogP contribution in [-0.4, -0.2) is 22.8 Å². The van der Waals surface area contributed by atoms with E-state index in [2.05, 4.69) is 10.4 Å². The molecule has 0 saturated heterocycles. The number of nitrogens with one attached hydrogen (secondary N) is 1. The first kappa shape index (κ1) is 14.9. The minimum Gasteiger partial charge on any atom is -0.497 e. The summed E-state index contributed by atoms with van der Waals surface area (Å²) in [5, 5.41) is 7.23. The van der Waals surface area contributed by atoms with Gasteiger partial charge in [0.1, 0.15) is 5.75 Å². The fourth-order valence-corrected chi connectivity index (χ4v) is 2.18. The Morgan fingerprint density at radius 2 is 2.19 bits per heavy atom. The van der Waals surface area contributed by atoms with Crippen LogP contribution in [0, 0.1) is 0 Å². The highest BCUT2D eigenvalue weighted by Gasteiger charge is 2.11. The van der Waals surface area contributed by atoms with Crippen LogP contribution in [0.25, 0.3) is 0 Å². The molecule has 21 heavy (non-hydrogen) atoms. The first-order valence-electron chi connectivity index (χ1n) is 6.77. The number of carbonyl (C=O) groups excluding carboxylic acids is 1. The van der Waals surface area contributed by atoms with Gasteiger partial charge in [-0.2, -0.15) is 5.10 Å². The molecule has 0 aliphatic carbocycles. The first-order valence-corrected chi connectivity index (χ1v) is 6.77. The minimum atomic E-state index is -0.188. The molecule has 0 unspecified atom stereocenters. The Morgan fingerprint density at radius 1 is 1.43 bits per heavy atom. The van der Waals surface area contributed by atoms with Gasteiger partial charge in [-0.05, 0) is 18.6 Å². The van der Waals surface area contributed by atoms with E-state index < -0.39 is 0 Å². The fourth-order valence-electron chi connectivity index (χ4n) is 2.18. The summed E-state index contributed by atoms with van der Waals surface area (Å²) < 4.78 is 6.87. The van der Waals surface area contributed by atoms with Crippen LogP contribution < -0.4 is 15.8 Å². The standard InChI is InChI=1S/C15H20N4O2/c1-4-14-11(9-19(2)18-14)8-17-15(20)10-5-12(16)7-13(6-10)21-3/h5-7,9H,4,8,16H2,1-3H3,(H,17,20). The average molecular weight is 288 g/mol. The van der Waals surface area contributed by atoms with Crippen LogP contribution >= 0.6 is 0 Å². The van der Waals surface area contributed by atoms with Crippen molar-refractivity contribution < 1.29 is 9.53 Å². The number of nitrogens with zero attached hydrogens (tertiary/aromatic N) is 2. The molecule has 112 valence electrons. The van der Waals surface area contributed by atoms with Gasteiger partial charge in [-0.25, -0.2) is 0 Å². The van der Waals surface area contributed by atoms with Crippen molar-refractivity contribution in [1.29, 1.82) is 0 Å². The number of methoxy groups -OCH3 is 1. The second-order valence-corrected chi connectivity index (χ2v) is 4.81. The van der Waals surface area contributed by atoms with Crippen molar-refractivity contribution in [1.82, 2.24) is 15.1 Å². The predicted octanol–water partition coefficient (Wildman–Crippen LogP) is 1.50. The molecule has 2 rings (SSSR count). The van der Waals surface area contributed by atoms with Gasteiger partial charge in [-0.1, -0.05) is 6.92 Å². The normalized spacial score (nSPS) is 10.4. The van der Waals surface area contributed by atoms with E-state index >= 15 is 0 Å². The molecule has 1 heterocycles. The Balaban J connectivity index is 2.09. The molecular formula is C15H20N4O2. The minimum absolute atomic E-state index is 0.188. The molecule has 6 heteroatoms. The summed E-state index contributed by atoms with van der Waals surface area (Å²) >= 11 is 0. The van der Waals surface area contributed by atoms with Crippen molar-refractivity contribution in [3.63, 3.8) is 0 Å². The maximum absolute atomic E-state index is 12.2. The first-order chi connectivity index (χ1) is 10.0. The van der Waals surface area contributed by atoms with E-state index in [1.165, 1.54) is 0 Å². The molecule has 0 aliphatic heterocycles. The number of carbonyl (C=O) groups is 1. The third kappa shape index (κ3) is 3.53. The topological polar surface area (TPSA) is 82.2 Å². The number of nitrogen functional groups attached to an aromatic ring is 1. The molecule has 0 radical (unpaired) electrons. The Bertz CT molecular complexity index is 649. The van der Waals surface area contributed by atoms with Crippen LogP contribution in [-0.2, 0) is 20.0 Å². The van der Waals surface area contributed by atoms with Crippen molar-refractivity contribution in [2.75, 3.05) is 12.8 Å². The number of hydrogen-bond donors (Lipinski definition) is 2. The van der Waals surface area contributed by atoms with Gasteiger partial charge in [0.15, 0.2) is 0 Å². The summed E-state index contributed by atoms with van der Waals surface area (Å²) in [5.41, 5.74) is 8.74. The summed E-state index contributed by atoms with van der Waals surface area (Å²) in [6, 6.07) is 4.96. The van der Waals surface area contributed by atoms with Gasteiger partial charge in [0.2, 0.25) is 0 Å². The number of hydrogen-bond acceptors (Lipinski definition) is 4. The third-order valence-corrected chi connectivity index (χ3v) is 3.19. The maximum atomic E-state index is 12.2. The summed E-state index contributed by atoms with van der Waals surface area (Å²) in [5.74, 6) is 0.377. The van der Waals surface area contributed by atoms with E-state index in [1.54, 1.807) is 30.0 Å². The maximum Gasteiger partial charge on any atom is 0.251 e. The monoisotopic (exact) mass is 288 g/mol. The number of amides is 1. The van der Waals surface area contributed by atoms with Crippen molar-refractivity contribution in [3.05, 3.63) is 41.2 Å². The zero-order chi connectivity index (χ0) is 15.4. The highest BCUT2D eigenvalue weighted by molar-refractivity contribution is 5.95. The summed E-state index contributed by atoms with van der Waals surface area (Å²) in [6.45, 7) is 2.48. The van der Waals surface area contributed by atoms with Gasteiger partial charge in [0.25, 0.3) is 5.91 Å². The van der Waals surface area contributed by atoms with Gasteiger partial charge in [0, 0.05) is 42.7 Å². The number of anilines is 1. The second kappa shape index (κ2) is 6.30. The van der Waals surface area contributed by atoms with Crippen molar-refractivity contribution in [3.8, 4) is 5.75 Å². The highest BCUT2D eigenvalue weighted by atomic mass is 16.5. The molecule has 2 aromatic rings. The molecule has 0 atom stereocenters. The molecule has 0 fully saturated rings. The SMILES string of the molecule is CCc1nn(C)cc1CNC(=O)c1cc(N)cc(OC)c1. The lowest BCUT2D eigenvalue weighted by molar-refractivity contribution is 0.0950. The van der Waals surface area contributed by atoms with Crippen molar-refractivity contribution in [2.24, 2.45) is 7.05 Å². The predicted molar refractivity (Wildman–Crippen MR) is 81.2 cm³/mol. The molecule has 1 aromatic heterocycles. The smallest absolute Gasteiger partial charge is 0.251 e. The molecule has 0 bridgehead atoms. The van der Waals surface area contributed by atoms with Crippen LogP contribution in [0.5, 0.6) is 5.75 Å². The number of rotatable bonds is 5. The molecule has 0 aliphatic rings. The molecule has 0 saturated carbocycles. The van der Waals surface area contributed by atoms with Gasteiger partial charge in [-0.3, -0.25) is 9.48 Å². The quantitative estimate of drug-likeness (QED) is 0.817. The van der Waals surface area contributed by atoms with E-state index in [4.69, 9.17) is 10.5 Å². The lowest BCUT2D eigenvalue weighted by atomic mass is 10.1. The summed E-state index contributed by atoms with van der Waals surface area (Å²) in [4.78, 5) is 12.2.